The third-order valence-corrected chi connectivity index (χ3v) is 2.10. The van der Waals surface area contributed by atoms with Crippen molar-refractivity contribution in [1.29, 1.82) is 0 Å². The molecule has 7 heteroatoms. The van der Waals surface area contributed by atoms with E-state index in [1.807, 2.05) is 0 Å². The smallest absolute Gasteiger partial charge is 0.340 e. The van der Waals surface area contributed by atoms with Crippen LogP contribution in [0.5, 0.6) is 11.5 Å². The van der Waals surface area contributed by atoms with E-state index < -0.39 is 19.0 Å². The molecular formula is C12H15F4NO2. The minimum Gasteiger partial charge on any atom is -0.489 e. The zero-order valence-electron chi connectivity index (χ0n) is 10.5. The van der Waals surface area contributed by atoms with Gasteiger partial charge in [0, 0.05) is 6.07 Å². The zero-order valence-corrected chi connectivity index (χ0v) is 10.5. The number of hydrogen-bond acceptors (Lipinski definition) is 3. The lowest BCUT2D eigenvalue weighted by Crippen LogP contribution is -2.33. The lowest BCUT2D eigenvalue weighted by molar-refractivity contribution is -0.148. The van der Waals surface area contributed by atoms with Crippen molar-refractivity contribution in [2.75, 3.05) is 12.3 Å². The summed E-state index contributed by atoms with van der Waals surface area (Å²) in [6, 6.07) is 3.99. The van der Waals surface area contributed by atoms with Crippen LogP contribution in [0.25, 0.3) is 0 Å². The van der Waals surface area contributed by atoms with Gasteiger partial charge in [-0.2, -0.15) is 8.78 Å². The van der Waals surface area contributed by atoms with E-state index in [-0.39, 0.29) is 17.6 Å². The van der Waals surface area contributed by atoms with Crippen LogP contribution in [0.4, 0.5) is 23.2 Å². The molecule has 0 aliphatic heterocycles. The molecule has 0 saturated heterocycles. The minimum atomic E-state index is -4.19. The summed E-state index contributed by atoms with van der Waals surface area (Å²) in [5, 5.41) is 0. The Morgan fingerprint density at radius 1 is 1.26 bits per heavy atom. The van der Waals surface area contributed by atoms with Crippen molar-refractivity contribution in [3.63, 3.8) is 0 Å². The Labute approximate surface area is 108 Å². The highest BCUT2D eigenvalue weighted by Crippen LogP contribution is 2.30. The molecule has 0 unspecified atom stereocenters. The van der Waals surface area contributed by atoms with Gasteiger partial charge in [0.25, 0.3) is 0 Å². The Balaban J connectivity index is 2.75. The molecule has 19 heavy (non-hydrogen) atoms. The van der Waals surface area contributed by atoms with Gasteiger partial charge in [0.2, 0.25) is 0 Å². The number of rotatable bonds is 6. The average Bonchev–Trinajstić information content (AvgIpc) is 2.29. The molecule has 0 aliphatic carbocycles. The van der Waals surface area contributed by atoms with Gasteiger partial charge in [-0.1, -0.05) is 0 Å². The molecule has 0 amide bonds. The number of ether oxygens (including phenoxy) is 2. The van der Waals surface area contributed by atoms with E-state index in [9.17, 15) is 17.6 Å². The molecule has 1 aromatic carbocycles. The molecule has 3 nitrogen and oxygen atoms in total. The molecule has 0 aromatic heterocycles. The number of nitrogens with two attached hydrogens (primary N) is 1. The number of hydrogen-bond donors (Lipinski definition) is 1. The highest BCUT2D eigenvalue weighted by atomic mass is 19.3. The van der Waals surface area contributed by atoms with Crippen LogP contribution in [0.1, 0.15) is 13.8 Å². The van der Waals surface area contributed by atoms with E-state index in [1.165, 1.54) is 18.2 Å². The summed E-state index contributed by atoms with van der Waals surface area (Å²) in [5.74, 6) is -3.95. The van der Waals surface area contributed by atoms with Gasteiger partial charge in [-0.05, 0) is 26.0 Å². The third-order valence-electron chi connectivity index (χ3n) is 2.10. The van der Waals surface area contributed by atoms with E-state index in [2.05, 4.69) is 4.74 Å². The third kappa shape index (κ3) is 4.50. The molecule has 1 aromatic rings. The number of anilines is 1. The van der Waals surface area contributed by atoms with Crippen LogP contribution in [0.3, 0.4) is 0 Å². The van der Waals surface area contributed by atoms with E-state index in [1.54, 1.807) is 13.8 Å². The Hall–Kier alpha value is -1.66. The van der Waals surface area contributed by atoms with Gasteiger partial charge in [-0.25, -0.2) is 8.78 Å². The Kier molecular flexibility index (Phi) is 4.85. The molecular weight excluding hydrogens is 266 g/mol. The van der Waals surface area contributed by atoms with Gasteiger partial charge in [-0.3, -0.25) is 0 Å². The van der Waals surface area contributed by atoms with Crippen molar-refractivity contribution in [2.24, 2.45) is 0 Å². The van der Waals surface area contributed by atoms with Crippen LogP contribution in [-0.4, -0.2) is 25.1 Å². The Morgan fingerprint density at radius 2 is 1.89 bits per heavy atom. The van der Waals surface area contributed by atoms with Crippen LogP contribution in [0.2, 0.25) is 0 Å². The van der Waals surface area contributed by atoms with Crippen LogP contribution in [0, 0.1) is 0 Å². The van der Waals surface area contributed by atoms with E-state index in [0.29, 0.717) is 5.69 Å². The molecule has 0 atom stereocenters. The minimum absolute atomic E-state index is 0.00910. The molecule has 0 radical (unpaired) electrons. The van der Waals surface area contributed by atoms with Crippen molar-refractivity contribution < 1.29 is 27.0 Å². The quantitative estimate of drug-likeness (QED) is 0.642. The summed E-state index contributed by atoms with van der Waals surface area (Å²) in [4.78, 5) is 0. The van der Waals surface area contributed by atoms with Crippen LogP contribution < -0.4 is 15.2 Å². The SMILES string of the molecule is CC(C)Oc1cc(OCC(F)(F)C(F)F)ccc1N. The first-order chi connectivity index (χ1) is 8.72. The summed E-state index contributed by atoms with van der Waals surface area (Å²) in [6.45, 7) is 2.12. The second-order valence-electron chi connectivity index (χ2n) is 4.22. The van der Waals surface area contributed by atoms with E-state index in [4.69, 9.17) is 10.5 Å². The van der Waals surface area contributed by atoms with Crippen LogP contribution in [0.15, 0.2) is 18.2 Å². The van der Waals surface area contributed by atoms with Gasteiger partial charge in [0.1, 0.15) is 11.5 Å². The Morgan fingerprint density at radius 3 is 2.42 bits per heavy atom. The fourth-order valence-electron chi connectivity index (χ4n) is 1.20. The second kappa shape index (κ2) is 5.99. The maximum Gasteiger partial charge on any atom is 0.340 e. The normalized spacial score (nSPS) is 12.0. The zero-order chi connectivity index (χ0) is 14.6. The number of alkyl halides is 4. The standard InChI is InChI=1S/C12H15F4NO2/c1-7(2)19-10-5-8(3-4-9(10)17)18-6-12(15,16)11(13)14/h3-5,7,11H,6,17H2,1-2H3. The molecule has 0 spiro atoms. The molecule has 0 heterocycles. The molecule has 0 aliphatic rings. The summed E-state index contributed by atoms with van der Waals surface area (Å²) in [5.41, 5.74) is 5.93. The second-order valence-corrected chi connectivity index (χ2v) is 4.22. The largest absolute Gasteiger partial charge is 0.489 e. The van der Waals surface area contributed by atoms with Crippen LogP contribution >= 0.6 is 0 Å². The number of halogens is 4. The molecule has 2 N–H and O–H groups in total. The summed E-state index contributed by atoms with van der Waals surface area (Å²) >= 11 is 0. The number of benzene rings is 1. The maximum absolute atomic E-state index is 12.7. The van der Waals surface area contributed by atoms with Crippen molar-refractivity contribution in [3.05, 3.63) is 18.2 Å². The predicted octanol–water partition coefficient (Wildman–Crippen LogP) is 3.34. The maximum atomic E-state index is 12.7. The highest BCUT2D eigenvalue weighted by Gasteiger charge is 2.41. The predicted molar refractivity (Wildman–Crippen MR) is 63.1 cm³/mol. The molecule has 0 saturated carbocycles. The molecule has 0 fully saturated rings. The van der Waals surface area contributed by atoms with Gasteiger partial charge >= 0.3 is 12.3 Å². The molecule has 108 valence electrons. The highest BCUT2D eigenvalue weighted by molar-refractivity contribution is 5.55. The molecule has 0 bridgehead atoms. The topological polar surface area (TPSA) is 44.5 Å². The average molecular weight is 281 g/mol. The first-order valence-electron chi connectivity index (χ1n) is 5.57. The summed E-state index contributed by atoms with van der Waals surface area (Å²) < 4.78 is 59.3. The fraction of sp³-hybridized carbons (Fsp3) is 0.500. The summed E-state index contributed by atoms with van der Waals surface area (Å²) in [6.07, 6.45) is -3.94. The molecule has 1 rings (SSSR count). The number of nitrogen functional groups attached to an aromatic ring is 1. The van der Waals surface area contributed by atoms with Gasteiger partial charge in [0.05, 0.1) is 11.8 Å². The van der Waals surface area contributed by atoms with Crippen molar-refractivity contribution in [3.8, 4) is 11.5 Å². The first-order valence-corrected chi connectivity index (χ1v) is 5.57. The van der Waals surface area contributed by atoms with Crippen molar-refractivity contribution in [2.45, 2.75) is 32.3 Å². The van der Waals surface area contributed by atoms with Crippen LogP contribution in [-0.2, 0) is 0 Å². The van der Waals surface area contributed by atoms with Gasteiger partial charge in [-0.15, -0.1) is 0 Å². The summed E-state index contributed by atoms with van der Waals surface area (Å²) in [7, 11) is 0. The Bertz CT molecular complexity index is 424. The van der Waals surface area contributed by atoms with Crippen molar-refractivity contribution >= 4 is 5.69 Å². The monoisotopic (exact) mass is 281 g/mol. The lowest BCUT2D eigenvalue weighted by atomic mass is 10.2. The van der Waals surface area contributed by atoms with Gasteiger partial charge < -0.3 is 15.2 Å². The van der Waals surface area contributed by atoms with Crippen molar-refractivity contribution in [1.82, 2.24) is 0 Å². The lowest BCUT2D eigenvalue weighted by Gasteiger charge is -2.17. The van der Waals surface area contributed by atoms with E-state index >= 15 is 0 Å². The van der Waals surface area contributed by atoms with Gasteiger partial charge in [0.15, 0.2) is 6.61 Å². The van der Waals surface area contributed by atoms with E-state index in [0.717, 1.165) is 0 Å². The first kappa shape index (κ1) is 15.4. The fourth-order valence-corrected chi connectivity index (χ4v) is 1.20.